The molecule has 2 N–H and O–H groups in total. The van der Waals surface area contributed by atoms with Crippen LogP contribution in [-0.2, 0) is 16.6 Å². The molecule has 0 aliphatic carbocycles. The van der Waals surface area contributed by atoms with Crippen LogP contribution < -0.4 is 10.0 Å². The van der Waals surface area contributed by atoms with Gasteiger partial charge in [-0.25, -0.2) is 13.1 Å². The molecule has 0 radical (unpaired) electrons. The normalized spacial score (nSPS) is 13.7. The molecule has 1 unspecified atom stereocenters. The van der Waals surface area contributed by atoms with E-state index in [1.54, 1.807) is 17.8 Å². The van der Waals surface area contributed by atoms with Crippen molar-refractivity contribution in [2.24, 2.45) is 0 Å². The van der Waals surface area contributed by atoms with Gasteiger partial charge in [-0.3, -0.25) is 0 Å². The van der Waals surface area contributed by atoms with Gasteiger partial charge in [-0.2, -0.15) is 11.8 Å². The van der Waals surface area contributed by atoms with Crippen LogP contribution in [0.15, 0.2) is 16.3 Å². The van der Waals surface area contributed by atoms with Crippen LogP contribution in [-0.4, -0.2) is 33.5 Å². The van der Waals surface area contributed by atoms with Crippen molar-refractivity contribution in [1.82, 2.24) is 10.0 Å². The van der Waals surface area contributed by atoms with Crippen molar-refractivity contribution in [2.75, 3.05) is 19.1 Å². The van der Waals surface area contributed by atoms with Gasteiger partial charge >= 0.3 is 0 Å². The van der Waals surface area contributed by atoms with Crippen molar-refractivity contribution in [3.05, 3.63) is 17.0 Å². The van der Waals surface area contributed by atoms with Gasteiger partial charge in [0.15, 0.2) is 0 Å². The SMILES string of the molecule is CCC(CSC)NS(=O)(=O)c1ccc(CNC)s1. The fourth-order valence-electron chi connectivity index (χ4n) is 1.49. The number of hydrogen-bond donors (Lipinski definition) is 2. The van der Waals surface area contributed by atoms with Gasteiger partial charge in [-0.15, -0.1) is 11.3 Å². The highest BCUT2D eigenvalue weighted by atomic mass is 32.2. The second kappa shape index (κ2) is 7.49. The van der Waals surface area contributed by atoms with Crippen LogP contribution in [0.25, 0.3) is 0 Å². The van der Waals surface area contributed by atoms with Gasteiger partial charge in [0.25, 0.3) is 0 Å². The molecule has 0 bridgehead atoms. The number of thiophene rings is 1. The average Bonchev–Trinajstić information content (AvgIpc) is 2.78. The molecule has 7 heteroatoms. The minimum Gasteiger partial charge on any atom is -0.315 e. The summed E-state index contributed by atoms with van der Waals surface area (Å²) in [4.78, 5) is 1.02. The Morgan fingerprint density at radius 1 is 1.44 bits per heavy atom. The Morgan fingerprint density at radius 3 is 2.72 bits per heavy atom. The molecule has 0 aliphatic heterocycles. The number of thioether (sulfide) groups is 1. The van der Waals surface area contributed by atoms with Crippen LogP contribution in [0, 0.1) is 0 Å². The molecule has 0 spiro atoms. The largest absolute Gasteiger partial charge is 0.315 e. The van der Waals surface area contributed by atoms with Crippen LogP contribution in [0.4, 0.5) is 0 Å². The van der Waals surface area contributed by atoms with E-state index in [2.05, 4.69) is 10.0 Å². The molecule has 0 amide bonds. The van der Waals surface area contributed by atoms with Crippen molar-refractivity contribution in [3.63, 3.8) is 0 Å². The summed E-state index contributed by atoms with van der Waals surface area (Å²) in [5, 5.41) is 3.01. The Bertz CT molecular complexity index is 457. The highest BCUT2D eigenvalue weighted by Gasteiger charge is 2.20. The first-order chi connectivity index (χ1) is 8.53. The average molecular weight is 308 g/mol. The first-order valence-electron chi connectivity index (χ1n) is 5.78. The summed E-state index contributed by atoms with van der Waals surface area (Å²) in [5.41, 5.74) is 0. The van der Waals surface area contributed by atoms with Gasteiger partial charge in [-0.05, 0) is 31.9 Å². The van der Waals surface area contributed by atoms with Crippen molar-refractivity contribution in [2.45, 2.75) is 30.1 Å². The Morgan fingerprint density at radius 2 is 2.17 bits per heavy atom. The number of nitrogens with one attached hydrogen (secondary N) is 2. The van der Waals surface area contributed by atoms with Crippen LogP contribution in [0.5, 0.6) is 0 Å². The van der Waals surface area contributed by atoms with Crippen LogP contribution in [0.1, 0.15) is 18.2 Å². The van der Waals surface area contributed by atoms with Crippen molar-refractivity contribution >= 4 is 33.1 Å². The maximum Gasteiger partial charge on any atom is 0.250 e. The quantitative estimate of drug-likeness (QED) is 0.770. The molecular weight excluding hydrogens is 288 g/mol. The molecule has 0 saturated heterocycles. The van der Waals surface area contributed by atoms with E-state index in [-0.39, 0.29) is 6.04 Å². The zero-order valence-electron chi connectivity index (χ0n) is 10.9. The third-order valence-corrected chi connectivity index (χ3v) is 6.27. The van der Waals surface area contributed by atoms with Crippen molar-refractivity contribution in [3.8, 4) is 0 Å². The summed E-state index contributed by atoms with van der Waals surface area (Å²) in [7, 11) is -1.52. The van der Waals surface area contributed by atoms with Crippen LogP contribution in [0.2, 0.25) is 0 Å². The third-order valence-electron chi connectivity index (χ3n) is 2.44. The van der Waals surface area contributed by atoms with E-state index in [1.807, 2.05) is 26.3 Å². The molecule has 1 aromatic heterocycles. The molecule has 18 heavy (non-hydrogen) atoms. The number of rotatable bonds is 8. The lowest BCUT2D eigenvalue weighted by atomic mass is 10.3. The molecule has 1 rings (SSSR count). The molecular formula is C11H20N2O2S3. The maximum absolute atomic E-state index is 12.2. The summed E-state index contributed by atoms with van der Waals surface area (Å²) < 4.78 is 27.5. The lowest BCUT2D eigenvalue weighted by Crippen LogP contribution is -2.35. The Labute approximate surface area is 118 Å². The molecule has 1 heterocycles. The molecule has 0 fully saturated rings. The first kappa shape index (κ1) is 16.0. The second-order valence-corrected chi connectivity index (χ2v) is 7.95. The van der Waals surface area contributed by atoms with E-state index in [1.165, 1.54) is 11.3 Å². The van der Waals surface area contributed by atoms with Gasteiger partial charge in [0.05, 0.1) is 0 Å². The molecule has 1 atom stereocenters. The lowest BCUT2D eigenvalue weighted by Gasteiger charge is -2.14. The number of hydrogen-bond acceptors (Lipinski definition) is 5. The Kier molecular flexibility index (Phi) is 6.65. The van der Waals surface area contributed by atoms with E-state index in [0.29, 0.717) is 10.8 Å². The van der Waals surface area contributed by atoms with Gasteiger partial charge in [0, 0.05) is 23.2 Å². The van der Waals surface area contributed by atoms with Gasteiger partial charge < -0.3 is 5.32 Å². The smallest absolute Gasteiger partial charge is 0.250 e. The predicted molar refractivity (Wildman–Crippen MR) is 79.9 cm³/mol. The second-order valence-electron chi connectivity index (χ2n) is 3.93. The highest BCUT2D eigenvalue weighted by molar-refractivity contribution is 7.98. The summed E-state index contributed by atoms with van der Waals surface area (Å²) >= 11 is 2.97. The van der Waals surface area contributed by atoms with E-state index in [4.69, 9.17) is 0 Å². The number of sulfonamides is 1. The molecule has 1 aromatic rings. The van der Waals surface area contributed by atoms with Crippen LogP contribution in [0.3, 0.4) is 0 Å². The van der Waals surface area contributed by atoms with Gasteiger partial charge in [0.1, 0.15) is 4.21 Å². The fraction of sp³-hybridized carbons (Fsp3) is 0.636. The molecule has 0 aliphatic rings. The molecule has 0 aromatic carbocycles. The minimum atomic E-state index is -3.36. The molecule has 104 valence electrons. The lowest BCUT2D eigenvalue weighted by molar-refractivity contribution is 0.560. The summed E-state index contributed by atoms with van der Waals surface area (Å²) in [6, 6.07) is 3.52. The topological polar surface area (TPSA) is 58.2 Å². The Hall–Kier alpha value is -0.0800. The maximum atomic E-state index is 12.2. The third kappa shape index (κ3) is 4.55. The molecule has 0 saturated carbocycles. The molecule has 4 nitrogen and oxygen atoms in total. The zero-order chi connectivity index (χ0) is 13.6. The Balaban J connectivity index is 2.78. The van der Waals surface area contributed by atoms with E-state index < -0.39 is 10.0 Å². The summed E-state index contributed by atoms with van der Waals surface area (Å²) in [5.74, 6) is 0.796. The summed E-state index contributed by atoms with van der Waals surface area (Å²) in [6.45, 7) is 2.69. The van der Waals surface area contributed by atoms with Crippen molar-refractivity contribution < 1.29 is 8.42 Å². The highest BCUT2D eigenvalue weighted by Crippen LogP contribution is 2.22. The minimum absolute atomic E-state index is 0.000139. The standard InChI is InChI=1S/C11H20N2O2S3/c1-4-9(8-16-3)13-18(14,15)11-6-5-10(17-11)7-12-2/h5-6,9,12-13H,4,7-8H2,1-3H3. The van der Waals surface area contributed by atoms with Crippen LogP contribution >= 0.6 is 23.1 Å². The van der Waals surface area contributed by atoms with E-state index in [9.17, 15) is 8.42 Å². The zero-order valence-corrected chi connectivity index (χ0v) is 13.3. The van der Waals surface area contributed by atoms with Crippen molar-refractivity contribution in [1.29, 1.82) is 0 Å². The van der Waals surface area contributed by atoms with E-state index >= 15 is 0 Å². The monoisotopic (exact) mass is 308 g/mol. The predicted octanol–water partition coefficient (Wildman–Crippen LogP) is 1.89. The summed E-state index contributed by atoms with van der Waals surface area (Å²) in [6.07, 6.45) is 2.78. The van der Waals surface area contributed by atoms with Gasteiger partial charge in [-0.1, -0.05) is 6.92 Å². The first-order valence-corrected chi connectivity index (χ1v) is 9.47. The van der Waals surface area contributed by atoms with Gasteiger partial charge in [0.2, 0.25) is 10.0 Å². The van der Waals surface area contributed by atoms with E-state index in [0.717, 1.165) is 17.1 Å². The fourth-order valence-corrected chi connectivity index (χ4v) is 5.02.